The predicted molar refractivity (Wildman–Crippen MR) is 151 cm³/mol. The lowest BCUT2D eigenvalue weighted by molar-refractivity contribution is -0.153. The molecule has 1 saturated carbocycles. The number of carbonyl (C=O) groups is 1. The van der Waals surface area contributed by atoms with Gasteiger partial charge in [-0.15, -0.1) is 0 Å². The van der Waals surface area contributed by atoms with Crippen molar-refractivity contribution in [2.24, 2.45) is 5.73 Å². The number of fused-ring (bicyclic) bond motifs is 2. The number of hydrogen-bond donors (Lipinski definition) is 1. The summed E-state index contributed by atoms with van der Waals surface area (Å²) in [5.41, 5.74) is 8.03. The number of likely N-dealkylation sites (N-methyl/N-ethyl adjacent to an activating group) is 1. The molecule has 0 bridgehead atoms. The van der Waals surface area contributed by atoms with E-state index in [0.717, 1.165) is 39.4 Å². The van der Waals surface area contributed by atoms with Crippen LogP contribution in [0.25, 0.3) is 16.4 Å². The monoisotopic (exact) mass is 550 g/mol. The highest BCUT2D eigenvalue weighted by atomic mass is 32.2. The van der Waals surface area contributed by atoms with Gasteiger partial charge in [0, 0.05) is 24.8 Å². The Morgan fingerprint density at radius 2 is 1.92 bits per heavy atom. The van der Waals surface area contributed by atoms with Crippen molar-refractivity contribution < 1.29 is 17.9 Å². The maximum Gasteiger partial charge on any atom is 0.321 e. The number of aromatic nitrogens is 2. The van der Waals surface area contributed by atoms with Gasteiger partial charge in [0.1, 0.15) is 18.3 Å². The molecular weight excluding hydrogens is 520 g/mol. The lowest BCUT2D eigenvalue weighted by Crippen LogP contribution is -2.53. The van der Waals surface area contributed by atoms with Gasteiger partial charge in [-0.05, 0) is 49.3 Å². The molecule has 8 nitrogen and oxygen atoms in total. The lowest BCUT2D eigenvalue weighted by atomic mass is 9.67. The van der Waals surface area contributed by atoms with Crippen LogP contribution in [0.4, 0.5) is 0 Å². The van der Waals surface area contributed by atoms with E-state index in [1.165, 1.54) is 7.05 Å². The summed E-state index contributed by atoms with van der Waals surface area (Å²) in [4.78, 5) is 18.1. The highest BCUT2D eigenvalue weighted by Gasteiger charge is 2.47. The number of aryl methyl sites for hydroxylation is 1. The van der Waals surface area contributed by atoms with E-state index >= 15 is 0 Å². The van der Waals surface area contributed by atoms with Crippen molar-refractivity contribution in [3.05, 3.63) is 78.2 Å². The Bertz CT molecular complexity index is 1640. The summed E-state index contributed by atoms with van der Waals surface area (Å²) in [6, 6.07) is 16.2. The first-order valence-corrected chi connectivity index (χ1v) is 14.4. The number of rotatable bonds is 7. The molecule has 38 heavy (non-hydrogen) atoms. The fourth-order valence-corrected chi connectivity index (χ4v) is 7.17. The first-order valence-electron chi connectivity index (χ1n) is 12.5. The van der Waals surface area contributed by atoms with Crippen LogP contribution in [0, 0.1) is 6.92 Å². The van der Waals surface area contributed by atoms with Crippen molar-refractivity contribution in [2.75, 3.05) is 13.6 Å². The molecule has 5 rings (SSSR count). The number of pyridine rings is 1. The molecule has 0 spiro atoms. The third-order valence-electron chi connectivity index (χ3n) is 7.43. The van der Waals surface area contributed by atoms with Crippen molar-refractivity contribution >= 4 is 49.6 Å². The van der Waals surface area contributed by atoms with E-state index in [2.05, 4.69) is 4.98 Å². The average Bonchev–Trinajstić information content (AvgIpc) is 3.27. The lowest BCUT2D eigenvalue weighted by Gasteiger charge is -2.43. The number of hydrogen-bond acceptors (Lipinski definition) is 6. The number of benzene rings is 2. The fourth-order valence-electron chi connectivity index (χ4n) is 5.49. The molecule has 4 aromatic rings. The normalized spacial score (nSPS) is 20.1. The molecule has 2 heterocycles. The van der Waals surface area contributed by atoms with Crippen LogP contribution in [0.3, 0.4) is 0 Å². The summed E-state index contributed by atoms with van der Waals surface area (Å²) in [5, 5.41) is 1.40. The van der Waals surface area contributed by atoms with Gasteiger partial charge in [0.2, 0.25) is 10.0 Å². The third-order valence-corrected chi connectivity index (χ3v) is 9.65. The molecule has 1 aliphatic rings. The first-order chi connectivity index (χ1) is 18.1. The van der Waals surface area contributed by atoms with Gasteiger partial charge in [-0.2, -0.15) is 4.31 Å². The van der Waals surface area contributed by atoms with Crippen molar-refractivity contribution in [1.82, 2.24) is 13.7 Å². The Hall–Kier alpha value is -3.34. The molecule has 2 aromatic carbocycles. The zero-order valence-corrected chi connectivity index (χ0v) is 23.0. The minimum atomic E-state index is -3.95. The zero-order valence-electron chi connectivity index (χ0n) is 21.3. The molecule has 2 unspecified atom stereocenters. The summed E-state index contributed by atoms with van der Waals surface area (Å²) < 4.78 is 35.8. The SMILES string of the molecule is Cc1cn2cc(C3(C(N)=S)CCCCC3OC(=O)CN(C)S(=O)(=O)c3cccc4ccccc34)ccc2n1. The van der Waals surface area contributed by atoms with Gasteiger partial charge in [0.15, 0.2) is 0 Å². The fraction of sp³-hybridized carbons (Fsp3) is 0.321. The summed E-state index contributed by atoms with van der Waals surface area (Å²) in [7, 11) is -2.56. The Morgan fingerprint density at radius 1 is 1.16 bits per heavy atom. The summed E-state index contributed by atoms with van der Waals surface area (Å²) in [6.07, 6.45) is 6.17. The minimum Gasteiger partial charge on any atom is -0.460 e. The van der Waals surface area contributed by atoms with Crippen LogP contribution in [0.2, 0.25) is 0 Å². The summed E-state index contributed by atoms with van der Waals surface area (Å²) in [6.45, 7) is 1.49. The van der Waals surface area contributed by atoms with Crippen LogP contribution in [-0.2, 0) is 25.0 Å². The number of sulfonamides is 1. The molecule has 0 radical (unpaired) electrons. The van der Waals surface area contributed by atoms with E-state index in [4.69, 9.17) is 22.7 Å². The van der Waals surface area contributed by atoms with Crippen molar-refractivity contribution in [1.29, 1.82) is 0 Å². The van der Waals surface area contributed by atoms with Gasteiger partial charge >= 0.3 is 5.97 Å². The minimum absolute atomic E-state index is 0.143. The number of ether oxygens (including phenoxy) is 1. The number of esters is 1. The van der Waals surface area contributed by atoms with Crippen LogP contribution in [0.15, 0.2) is 71.9 Å². The van der Waals surface area contributed by atoms with Crippen LogP contribution >= 0.6 is 12.2 Å². The van der Waals surface area contributed by atoms with Crippen LogP contribution in [0.5, 0.6) is 0 Å². The van der Waals surface area contributed by atoms with E-state index in [0.29, 0.717) is 18.2 Å². The second-order valence-corrected chi connectivity index (χ2v) is 12.3. The number of nitrogens with zero attached hydrogens (tertiary/aromatic N) is 3. The van der Waals surface area contributed by atoms with E-state index in [1.54, 1.807) is 24.3 Å². The van der Waals surface area contributed by atoms with Crippen LogP contribution in [0.1, 0.15) is 36.9 Å². The molecule has 1 aliphatic carbocycles. The van der Waals surface area contributed by atoms with Crippen LogP contribution in [-0.4, -0.2) is 52.8 Å². The molecule has 2 aromatic heterocycles. The van der Waals surface area contributed by atoms with Gasteiger partial charge in [-0.25, -0.2) is 13.4 Å². The second-order valence-electron chi connectivity index (χ2n) is 9.86. The second kappa shape index (κ2) is 10.1. The molecular formula is C28H30N4O4S2. The van der Waals surface area contributed by atoms with Gasteiger partial charge < -0.3 is 14.9 Å². The number of nitrogens with two attached hydrogens (primary N) is 1. The Kier molecular flexibility index (Phi) is 6.97. The molecule has 0 amide bonds. The quantitative estimate of drug-likeness (QED) is 0.272. The van der Waals surface area contributed by atoms with Gasteiger partial charge in [-0.1, -0.05) is 61.1 Å². The van der Waals surface area contributed by atoms with Crippen molar-refractivity contribution in [2.45, 2.75) is 49.0 Å². The Morgan fingerprint density at radius 3 is 2.71 bits per heavy atom. The zero-order chi connectivity index (χ0) is 27.1. The van der Waals surface area contributed by atoms with Gasteiger partial charge in [0.25, 0.3) is 0 Å². The molecule has 0 aliphatic heterocycles. The Labute approximate surface area is 227 Å². The molecule has 0 saturated heterocycles. The third kappa shape index (κ3) is 4.57. The molecule has 198 valence electrons. The summed E-state index contributed by atoms with van der Waals surface area (Å²) in [5.74, 6) is -0.650. The molecule has 1 fully saturated rings. The molecule has 10 heteroatoms. The van der Waals surface area contributed by atoms with E-state index < -0.39 is 34.1 Å². The maximum absolute atomic E-state index is 13.4. The van der Waals surface area contributed by atoms with Gasteiger partial charge in [-0.3, -0.25) is 4.79 Å². The van der Waals surface area contributed by atoms with Crippen molar-refractivity contribution in [3.63, 3.8) is 0 Å². The molecule has 2 N–H and O–H groups in total. The maximum atomic E-state index is 13.4. The predicted octanol–water partition coefficient (Wildman–Crippen LogP) is 4.13. The highest BCUT2D eigenvalue weighted by molar-refractivity contribution is 7.89. The van der Waals surface area contributed by atoms with E-state index in [-0.39, 0.29) is 9.88 Å². The molecule has 2 atom stereocenters. The standard InChI is InChI=1S/C28H30N4O4S2/c1-19-16-32-17-21(13-14-25(32)30-19)28(27(29)37)15-6-5-12-24(28)36-26(33)18-31(2)38(34,35)23-11-7-9-20-8-3-4-10-22(20)23/h3-4,7-11,13-14,16-17,24H,5-6,12,15,18H2,1-2H3,(H2,29,37). The van der Waals surface area contributed by atoms with Gasteiger partial charge in [0.05, 0.1) is 21.0 Å². The first kappa shape index (κ1) is 26.3. The topological polar surface area (TPSA) is 107 Å². The Balaban J connectivity index is 1.41. The van der Waals surface area contributed by atoms with Crippen LogP contribution < -0.4 is 5.73 Å². The highest BCUT2D eigenvalue weighted by Crippen LogP contribution is 2.42. The summed E-state index contributed by atoms with van der Waals surface area (Å²) >= 11 is 5.58. The number of carbonyl (C=O) groups excluding carboxylic acids is 1. The van der Waals surface area contributed by atoms with E-state index in [9.17, 15) is 13.2 Å². The number of imidazole rings is 1. The van der Waals surface area contributed by atoms with E-state index in [1.807, 2.05) is 54.0 Å². The number of thiocarbonyl (C=S) groups is 1. The average molecular weight is 551 g/mol. The largest absolute Gasteiger partial charge is 0.460 e. The smallest absolute Gasteiger partial charge is 0.321 e. The van der Waals surface area contributed by atoms with Crippen molar-refractivity contribution in [3.8, 4) is 0 Å².